The molecule has 2 unspecified atom stereocenters. The molecule has 1 aromatic carbocycles. The Balaban J connectivity index is 1.11. The molecule has 190 valence electrons. The van der Waals surface area contributed by atoms with Crippen molar-refractivity contribution in [2.24, 2.45) is 16.8 Å². The van der Waals surface area contributed by atoms with E-state index in [1.54, 1.807) is 13.2 Å². The molecule has 0 radical (unpaired) electrons. The van der Waals surface area contributed by atoms with Crippen molar-refractivity contribution in [3.63, 3.8) is 0 Å². The van der Waals surface area contributed by atoms with E-state index in [4.69, 9.17) is 4.98 Å². The number of anilines is 2. The van der Waals surface area contributed by atoms with Crippen molar-refractivity contribution in [3.8, 4) is 11.1 Å². The topological polar surface area (TPSA) is 67.2 Å². The van der Waals surface area contributed by atoms with Gasteiger partial charge in [-0.2, -0.15) is 0 Å². The van der Waals surface area contributed by atoms with Crippen LogP contribution in [0.5, 0.6) is 0 Å². The molecule has 3 aliphatic carbocycles. The average Bonchev–Trinajstić information content (AvgIpc) is 3.82. The van der Waals surface area contributed by atoms with Crippen LogP contribution in [0.4, 0.5) is 11.5 Å². The molecule has 3 aromatic rings. The lowest BCUT2D eigenvalue weighted by Crippen LogP contribution is -2.28. The summed E-state index contributed by atoms with van der Waals surface area (Å²) in [7, 11) is 1.78. The summed E-state index contributed by atoms with van der Waals surface area (Å²) in [6.45, 7) is 0. The predicted octanol–water partition coefficient (Wildman–Crippen LogP) is 7.48. The normalized spacial score (nSPS) is 21.4. The Bertz CT molecular complexity index is 1290. The Morgan fingerprint density at radius 2 is 1.92 bits per heavy atom. The smallest absolute Gasteiger partial charge is 0.179 e. The number of ketones is 1. The zero-order valence-corrected chi connectivity index (χ0v) is 21.7. The molecular weight excluding hydrogens is 456 g/mol. The first-order valence-corrected chi connectivity index (χ1v) is 14.0. The molecule has 0 spiro atoms. The minimum atomic E-state index is 0.248. The maximum atomic E-state index is 12.6. The molecule has 37 heavy (non-hydrogen) atoms. The molecule has 2 atom stereocenters. The molecule has 0 bridgehead atoms. The molecule has 5 heteroatoms. The number of hydrogen-bond donors (Lipinski definition) is 1. The fourth-order valence-corrected chi connectivity index (χ4v) is 5.73. The van der Waals surface area contributed by atoms with E-state index in [0.29, 0.717) is 23.5 Å². The van der Waals surface area contributed by atoms with Crippen LogP contribution in [0.25, 0.3) is 11.1 Å². The van der Waals surface area contributed by atoms with Crippen molar-refractivity contribution in [3.05, 3.63) is 72.2 Å². The first-order valence-electron chi connectivity index (χ1n) is 14.0. The Morgan fingerprint density at radius 3 is 2.65 bits per heavy atom. The Morgan fingerprint density at radius 1 is 1.05 bits per heavy atom. The van der Waals surface area contributed by atoms with Gasteiger partial charge in [-0.3, -0.25) is 14.8 Å². The molecule has 3 saturated carbocycles. The second-order valence-corrected chi connectivity index (χ2v) is 11.0. The molecule has 6 rings (SSSR count). The van der Waals surface area contributed by atoms with Crippen molar-refractivity contribution >= 4 is 23.0 Å². The highest BCUT2D eigenvalue weighted by molar-refractivity contribution is 6.40. The molecule has 0 aliphatic heterocycles. The molecule has 3 aliphatic rings. The number of carbonyl (C=O) groups is 1. The summed E-state index contributed by atoms with van der Waals surface area (Å²) in [4.78, 5) is 26.4. The average molecular weight is 493 g/mol. The van der Waals surface area contributed by atoms with Gasteiger partial charge in [0.25, 0.3) is 0 Å². The molecule has 0 amide bonds. The minimum absolute atomic E-state index is 0.248. The van der Waals surface area contributed by atoms with E-state index in [0.717, 1.165) is 60.4 Å². The van der Waals surface area contributed by atoms with Gasteiger partial charge in [-0.05, 0) is 98.6 Å². The zero-order chi connectivity index (χ0) is 25.2. The van der Waals surface area contributed by atoms with Gasteiger partial charge >= 0.3 is 0 Å². The zero-order valence-electron chi connectivity index (χ0n) is 21.7. The largest absolute Gasteiger partial charge is 0.340 e. The van der Waals surface area contributed by atoms with E-state index in [1.165, 1.54) is 36.9 Å². The van der Waals surface area contributed by atoms with Gasteiger partial charge in [-0.1, -0.05) is 30.7 Å². The van der Waals surface area contributed by atoms with Gasteiger partial charge in [0.2, 0.25) is 0 Å². The molecule has 3 fully saturated rings. The molecule has 1 N–H and O–H groups in total. The summed E-state index contributed by atoms with van der Waals surface area (Å²) >= 11 is 0. The number of rotatable bonds is 11. The van der Waals surface area contributed by atoms with Crippen LogP contribution < -0.4 is 5.32 Å². The standard InChI is InChI=1S/C32H36N4O/c1-33-29(32(37)22-6-2-7-22)12-4-9-24-19-28(24)31-27(21-13-14-21)15-16-30(36-31)35-26-11-3-8-23(18-26)25-10-5-17-34-20-25/h3,5,8,10-11,15-18,20-22,24,28H,2,4,6-7,9,12-14,19H2,1H3,(H,35,36). The Kier molecular flexibility index (Phi) is 6.86. The van der Waals surface area contributed by atoms with E-state index in [1.807, 2.05) is 12.3 Å². The number of hydrogen-bond acceptors (Lipinski definition) is 5. The predicted molar refractivity (Wildman–Crippen MR) is 150 cm³/mol. The lowest BCUT2D eigenvalue weighted by molar-refractivity contribution is -0.118. The lowest BCUT2D eigenvalue weighted by Gasteiger charge is -2.24. The maximum absolute atomic E-state index is 12.6. The Labute approximate surface area is 219 Å². The number of aliphatic imine (C=N–C) groups is 1. The van der Waals surface area contributed by atoms with Crippen LogP contribution in [0.1, 0.15) is 80.9 Å². The number of Topliss-reactive ketones (excluding diaryl/α,β-unsaturated/α-hetero) is 1. The van der Waals surface area contributed by atoms with Gasteiger partial charge < -0.3 is 5.32 Å². The number of benzene rings is 1. The highest BCUT2D eigenvalue weighted by atomic mass is 16.1. The lowest BCUT2D eigenvalue weighted by atomic mass is 9.80. The number of nitrogens with zero attached hydrogens (tertiary/aromatic N) is 3. The molecular formula is C32H36N4O. The summed E-state index contributed by atoms with van der Waals surface area (Å²) in [5.74, 6) is 3.38. The van der Waals surface area contributed by atoms with Crippen LogP contribution in [0.3, 0.4) is 0 Å². The van der Waals surface area contributed by atoms with Crippen molar-refractivity contribution in [1.82, 2.24) is 9.97 Å². The van der Waals surface area contributed by atoms with Crippen LogP contribution in [0.2, 0.25) is 0 Å². The second-order valence-electron chi connectivity index (χ2n) is 11.0. The van der Waals surface area contributed by atoms with E-state index in [-0.39, 0.29) is 5.92 Å². The van der Waals surface area contributed by atoms with Crippen molar-refractivity contribution < 1.29 is 4.79 Å². The van der Waals surface area contributed by atoms with Crippen LogP contribution in [0, 0.1) is 11.8 Å². The number of carbonyl (C=O) groups excluding carboxylic acids is 1. The third-order valence-electron chi connectivity index (χ3n) is 8.40. The SMILES string of the molecule is CN=C(CCCC1CC1c1nc(Nc2cccc(-c3cccnc3)c2)ccc1C1CC1)C(=O)C1CCC1. The van der Waals surface area contributed by atoms with Crippen LogP contribution >= 0.6 is 0 Å². The first-order chi connectivity index (χ1) is 18.2. The fraction of sp³-hybridized carbons (Fsp3) is 0.438. The van der Waals surface area contributed by atoms with E-state index in [9.17, 15) is 4.79 Å². The maximum Gasteiger partial charge on any atom is 0.179 e. The van der Waals surface area contributed by atoms with Crippen molar-refractivity contribution in [2.75, 3.05) is 12.4 Å². The van der Waals surface area contributed by atoms with Crippen LogP contribution in [-0.2, 0) is 4.79 Å². The van der Waals surface area contributed by atoms with E-state index >= 15 is 0 Å². The van der Waals surface area contributed by atoms with Gasteiger partial charge in [-0.25, -0.2) is 4.98 Å². The summed E-state index contributed by atoms with van der Waals surface area (Å²) in [5.41, 5.74) is 6.86. The number of pyridine rings is 2. The van der Waals surface area contributed by atoms with Crippen LogP contribution in [0.15, 0.2) is 65.9 Å². The van der Waals surface area contributed by atoms with Crippen LogP contribution in [-0.4, -0.2) is 28.5 Å². The fourth-order valence-electron chi connectivity index (χ4n) is 5.73. The monoisotopic (exact) mass is 492 g/mol. The van der Waals surface area contributed by atoms with Crippen molar-refractivity contribution in [2.45, 2.75) is 69.6 Å². The number of nitrogens with one attached hydrogen (secondary N) is 1. The summed E-state index contributed by atoms with van der Waals surface area (Å²) < 4.78 is 0. The second kappa shape index (κ2) is 10.6. The molecule has 2 heterocycles. The number of aromatic nitrogens is 2. The van der Waals surface area contributed by atoms with Gasteiger partial charge in [0, 0.05) is 48.2 Å². The van der Waals surface area contributed by atoms with E-state index < -0.39 is 0 Å². The molecule has 2 aromatic heterocycles. The molecule has 5 nitrogen and oxygen atoms in total. The van der Waals surface area contributed by atoms with Crippen molar-refractivity contribution in [1.29, 1.82) is 0 Å². The summed E-state index contributed by atoms with van der Waals surface area (Å²) in [6, 6.07) is 16.9. The van der Waals surface area contributed by atoms with Gasteiger partial charge in [-0.15, -0.1) is 0 Å². The van der Waals surface area contributed by atoms with Gasteiger partial charge in [0.15, 0.2) is 5.78 Å². The highest BCUT2D eigenvalue weighted by Gasteiger charge is 2.42. The summed E-state index contributed by atoms with van der Waals surface area (Å²) in [6.07, 6.45) is 13.8. The summed E-state index contributed by atoms with van der Waals surface area (Å²) in [5, 5.41) is 3.55. The third-order valence-corrected chi connectivity index (χ3v) is 8.40. The quantitative estimate of drug-likeness (QED) is 0.282. The molecule has 0 saturated heterocycles. The third kappa shape index (κ3) is 5.51. The van der Waals surface area contributed by atoms with Gasteiger partial charge in [0.1, 0.15) is 5.82 Å². The van der Waals surface area contributed by atoms with E-state index in [2.05, 4.69) is 57.8 Å². The first kappa shape index (κ1) is 24.0. The Hall–Kier alpha value is -3.34. The highest BCUT2D eigenvalue weighted by Crippen LogP contribution is 2.54. The minimum Gasteiger partial charge on any atom is -0.340 e. The van der Waals surface area contributed by atoms with Gasteiger partial charge in [0.05, 0.1) is 5.71 Å².